The number of hydrogen-bond donors (Lipinski definition) is 1. The van der Waals surface area contributed by atoms with Gasteiger partial charge >= 0.3 is 0 Å². The van der Waals surface area contributed by atoms with Crippen molar-refractivity contribution in [2.45, 2.75) is 51.1 Å². The lowest BCUT2D eigenvalue weighted by atomic mass is 9.90. The maximum absolute atomic E-state index is 13.8. The molecular formula is C16H19FN2O2. The molecule has 1 atom stereocenters. The number of rotatable bonds is 1. The Labute approximate surface area is 123 Å². The molecule has 1 N–H and O–H groups in total. The third-order valence-corrected chi connectivity index (χ3v) is 4.71. The third-order valence-electron chi connectivity index (χ3n) is 4.71. The Morgan fingerprint density at radius 3 is 2.62 bits per heavy atom. The molecule has 0 radical (unpaired) electrons. The molecule has 1 aromatic rings. The lowest BCUT2D eigenvalue weighted by molar-refractivity contribution is -0.137. The van der Waals surface area contributed by atoms with Crippen molar-refractivity contribution in [3.8, 4) is 0 Å². The first kappa shape index (κ1) is 14.0. The molecule has 2 aliphatic rings. The van der Waals surface area contributed by atoms with E-state index in [1.165, 1.54) is 11.0 Å². The summed E-state index contributed by atoms with van der Waals surface area (Å²) < 4.78 is 13.8. The SMILES string of the molecule is Cc1c(F)cccc1N1C(=O)C2(CCCC2)NC(=O)C1C. The van der Waals surface area contributed by atoms with Gasteiger partial charge in [-0.15, -0.1) is 0 Å². The highest BCUT2D eigenvalue weighted by molar-refractivity contribution is 6.11. The molecule has 21 heavy (non-hydrogen) atoms. The van der Waals surface area contributed by atoms with Crippen LogP contribution in [0, 0.1) is 12.7 Å². The van der Waals surface area contributed by atoms with Crippen molar-refractivity contribution in [2.24, 2.45) is 0 Å². The average Bonchev–Trinajstić information content (AvgIpc) is 2.91. The number of nitrogens with one attached hydrogen (secondary N) is 1. The Balaban J connectivity index is 2.08. The predicted molar refractivity (Wildman–Crippen MR) is 77.4 cm³/mol. The second-order valence-corrected chi connectivity index (χ2v) is 6.01. The largest absolute Gasteiger partial charge is 0.340 e. The van der Waals surface area contributed by atoms with Crippen molar-refractivity contribution < 1.29 is 14.0 Å². The zero-order chi connectivity index (χ0) is 15.2. The number of carbonyl (C=O) groups is 2. The minimum atomic E-state index is -0.789. The van der Waals surface area contributed by atoms with Gasteiger partial charge in [0.2, 0.25) is 5.91 Å². The fourth-order valence-corrected chi connectivity index (χ4v) is 3.41. The fourth-order valence-electron chi connectivity index (χ4n) is 3.41. The summed E-state index contributed by atoms with van der Waals surface area (Å²) >= 11 is 0. The first-order valence-corrected chi connectivity index (χ1v) is 7.37. The number of anilines is 1. The molecule has 1 aromatic carbocycles. The van der Waals surface area contributed by atoms with Crippen LogP contribution in [0.2, 0.25) is 0 Å². The van der Waals surface area contributed by atoms with Crippen LogP contribution in [0.1, 0.15) is 38.2 Å². The summed E-state index contributed by atoms with van der Waals surface area (Å²) in [7, 11) is 0. The van der Waals surface area contributed by atoms with E-state index in [2.05, 4.69) is 5.32 Å². The molecule has 0 aromatic heterocycles. The summed E-state index contributed by atoms with van der Waals surface area (Å²) in [4.78, 5) is 26.7. The quantitative estimate of drug-likeness (QED) is 0.862. The van der Waals surface area contributed by atoms with Gasteiger partial charge in [-0.1, -0.05) is 18.9 Å². The van der Waals surface area contributed by atoms with Crippen LogP contribution in [0.15, 0.2) is 18.2 Å². The average molecular weight is 290 g/mol. The van der Waals surface area contributed by atoms with Gasteiger partial charge in [0.05, 0.1) is 5.69 Å². The van der Waals surface area contributed by atoms with Crippen molar-refractivity contribution in [1.29, 1.82) is 0 Å². The fraction of sp³-hybridized carbons (Fsp3) is 0.500. The molecule has 1 unspecified atom stereocenters. The minimum Gasteiger partial charge on any atom is -0.340 e. The van der Waals surface area contributed by atoms with Gasteiger partial charge in [-0.2, -0.15) is 0 Å². The Kier molecular flexibility index (Phi) is 3.23. The van der Waals surface area contributed by atoms with Crippen LogP contribution in [0.25, 0.3) is 0 Å². The standard InChI is InChI=1S/C16H19FN2O2/c1-10-12(17)6-5-7-13(10)19-11(2)14(20)18-16(15(19)21)8-3-4-9-16/h5-7,11H,3-4,8-9H2,1-2H3,(H,18,20). The van der Waals surface area contributed by atoms with Gasteiger partial charge in [0, 0.05) is 5.56 Å². The highest BCUT2D eigenvalue weighted by Gasteiger charge is 2.51. The molecule has 5 heteroatoms. The van der Waals surface area contributed by atoms with Crippen molar-refractivity contribution in [3.63, 3.8) is 0 Å². The van der Waals surface area contributed by atoms with Gasteiger partial charge < -0.3 is 5.32 Å². The first-order valence-electron chi connectivity index (χ1n) is 7.37. The number of hydrogen-bond acceptors (Lipinski definition) is 2. The van der Waals surface area contributed by atoms with E-state index in [1.54, 1.807) is 26.0 Å². The Hall–Kier alpha value is -1.91. The molecule has 1 saturated carbocycles. The Morgan fingerprint density at radius 2 is 1.95 bits per heavy atom. The number of halogens is 1. The Morgan fingerprint density at radius 1 is 1.29 bits per heavy atom. The molecule has 112 valence electrons. The van der Waals surface area contributed by atoms with E-state index in [0.717, 1.165) is 12.8 Å². The van der Waals surface area contributed by atoms with Gasteiger partial charge in [-0.05, 0) is 38.8 Å². The summed E-state index contributed by atoms with van der Waals surface area (Å²) in [5, 5.41) is 2.90. The van der Waals surface area contributed by atoms with Gasteiger partial charge in [-0.3, -0.25) is 14.5 Å². The topological polar surface area (TPSA) is 49.4 Å². The van der Waals surface area contributed by atoms with Crippen molar-refractivity contribution >= 4 is 17.5 Å². The first-order chi connectivity index (χ1) is 9.96. The lowest BCUT2D eigenvalue weighted by Crippen LogP contribution is -2.69. The smallest absolute Gasteiger partial charge is 0.253 e. The highest BCUT2D eigenvalue weighted by Crippen LogP contribution is 2.37. The van der Waals surface area contributed by atoms with Gasteiger partial charge in [-0.25, -0.2) is 4.39 Å². The summed E-state index contributed by atoms with van der Waals surface area (Å²) in [5.41, 5.74) is 0.108. The van der Waals surface area contributed by atoms with Crippen LogP contribution < -0.4 is 10.2 Å². The third kappa shape index (κ3) is 2.03. The summed E-state index contributed by atoms with van der Waals surface area (Å²) in [5.74, 6) is -0.639. The van der Waals surface area contributed by atoms with Gasteiger partial charge in [0.1, 0.15) is 17.4 Å². The van der Waals surface area contributed by atoms with E-state index < -0.39 is 11.6 Å². The number of piperazine rings is 1. The monoisotopic (exact) mass is 290 g/mol. The van der Waals surface area contributed by atoms with Crippen LogP contribution >= 0.6 is 0 Å². The van der Waals surface area contributed by atoms with E-state index in [1.807, 2.05) is 0 Å². The summed E-state index contributed by atoms with van der Waals surface area (Å²) in [6, 6.07) is 4.02. The molecule has 1 heterocycles. The maximum Gasteiger partial charge on any atom is 0.253 e. The number of benzene rings is 1. The zero-order valence-electron chi connectivity index (χ0n) is 12.3. The summed E-state index contributed by atoms with van der Waals surface area (Å²) in [6.07, 6.45) is 3.18. The second kappa shape index (κ2) is 4.83. The number of nitrogens with zero attached hydrogens (tertiary/aromatic N) is 1. The van der Waals surface area contributed by atoms with E-state index in [4.69, 9.17) is 0 Å². The Bertz CT molecular complexity index is 608. The van der Waals surface area contributed by atoms with E-state index in [9.17, 15) is 14.0 Å². The molecule has 1 aliphatic carbocycles. The molecule has 1 saturated heterocycles. The normalized spacial score (nSPS) is 24.5. The molecule has 4 nitrogen and oxygen atoms in total. The van der Waals surface area contributed by atoms with Crippen molar-refractivity contribution in [2.75, 3.05) is 4.90 Å². The van der Waals surface area contributed by atoms with Crippen LogP contribution in [0.4, 0.5) is 10.1 Å². The molecule has 1 aliphatic heterocycles. The molecule has 0 bridgehead atoms. The number of amides is 2. The van der Waals surface area contributed by atoms with Crippen molar-refractivity contribution in [1.82, 2.24) is 5.32 Å². The van der Waals surface area contributed by atoms with E-state index in [-0.39, 0.29) is 17.6 Å². The second-order valence-electron chi connectivity index (χ2n) is 6.01. The molecule has 2 fully saturated rings. The molecular weight excluding hydrogens is 271 g/mol. The highest BCUT2D eigenvalue weighted by atomic mass is 19.1. The van der Waals surface area contributed by atoms with Gasteiger partial charge in [0.15, 0.2) is 0 Å². The minimum absolute atomic E-state index is 0.110. The zero-order valence-corrected chi connectivity index (χ0v) is 12.3. The predicted octanol–water partition coefficient (Wildman–Crippen LogP) is 2.30. The molecule has 3 rings (SSSR count). The lowest BCUT2D eigenvalue weighted by Gasteiger charge is -2.43. The summed E-state index contributed by atoms with van der Waals surface area (Å²) in [6.45, 7) is 3.32. The maximum atomic E-state index is 13.8. The molecule has 1 spiro atoms. The van der Waals surface area contributed by atoms with Gasteiger partial charge in [0.25, 0.3) is 5.91 Å². The number of carbonyl (C=O) groups excluding carboxylic acids is 2. The van der Waals surface area contributed by atoms with Crippen LogP contribution in [0.3, 0.4) is 0 Å². The van der Waals surface area contributed by atoms with Crippen LogP contribution in [-0.2, 0) is 9.59 Å². The van der Waals surface area contributed by atoms with Crippen molar-refractivity contribution in [3.05, 3.63) is 29.6 Å². The van der Waals surface area contributed by atoms with E-state index >= 15 is 0 Å². The van der Waals surface area contributed by atoms with E-state index in [0.29, 0.717) is 24.1 Å². The van der Waals surface area contributed by atoms with Crippen LogP contribution in [0.5, 0.6) is 0 Å². The molecule has 2 amide bonds. The van der Waals surface area contributed by atoms with Crippen LogP contribution in [-0.4, -0.2) is 23.4 Å².